The van der Waals surface area contributed by atoms with E-state index in [-0.39, 0.29) is 41.0 Å². The lowest BCUT2D eigenvalue weighted by molar-refractivity contribution is -0.0526. The Morgan fingerprint density at radius 1 is 1.14 bits per heavy atom. The van der Waals surface area contributed by atoms with Crippen molar-refractivity contribution in [3.05, 3.63) is 60.4 Å². The van der Waals surface area contributed by atoms with Gasteiger partial charge in [-0.15, -0.1) is 10.2 Å². The summed E-state index contributed by atoms with van der Waals surface area (Å²) in [7, 11) is 0. The number of nitrogens with one attached hydrogen (secondary N) is 2. The van der Waals surface area contributed by atoms with Crippen molar-refractivity contribution < 1.29 is 32.1 Å². The second-order valence-electron chi connectivity index (χ2n) is 9.21. The molecule has 2 atom stereocenters. The molecule has 0 bridgehead atoms. The lowest BCUT2D eigenvalue weighted by Gasteiger charge is -2.15. The molecule has 5 heterocycles. The summed E-state index contributed by atoms with van der Waals surface area (Å²) in [6, 6.07) is 4.94. The van der Waals surface area contributed by atoms with Crippen LogP contribution < -0.4 is 20.1 Å². The van der Waals surface area contributed by atoms with E-state index in [1.54, 1.807) is 12.3 Å². The van der Waals surface area contributed by atoms with Crippen molar-refractivity contribution in [2.45, 2.75) is 38.5 Å². The van der Waals surface area contributed by atoms with Gasteiger partial charge in [-0.1, -0.05) is 0 Å². The van der Waals surface area contributed by atoms with E-state index in [0.29, 0.717) is 23.6 Å². The van der Waals surface area contributed by atoms with Gasteiger partial charge in [-0.05, 0) is 42.4 Å². The summed E-state index contributed by atoms with van der Waals surface area (Å²) in [4.78, 5) is 5.74. The van der Waals surface area contributed by atoms with Crippen molar-refractivity contribution in [1.29, 1.82) is 0 Å². The molecule has 1 aromatic carbocycles. The maximum Gasteiger partial charge on any atom is 0.387 e. The van der Waals surface area contributed by atoms with Gasteiger partial charge >= 0.3 is 13.2 Å². The Bertz CT molecular complexity index is 1670. The van der Waals surface area contributed by atoms with Crippen LogP contribution in [0.4, 0.5) is 23.2 Å². The minimum absolute atomic E-state index is 0.0127. The largest absolute Gasteiger partial charge is 0.435 e. The van der Waals surface area contributed by atoms with E-state index in [1.165, 1.54) is 32.6 Å². The number of rotatable bonds is 11. The van der Waals surface area contributed by atoms with E-state index in [4.69, 9.17) is 0 Å². The highest BCUT2D eigenvalue weighted by Gasteiger charge is 2.24. The average molecular weight is 590 g/mol. The minimum atomic E-state index is -3.22. The molecular weight excluding hydrogens is 566 g/mol. The number of halogens is 4. The summed E-state index contributed by atoms with van der Waals surface area (Å²) >= 11 is 0. The Balaban J connectivity index is 1.38. The Kier molecular flexibility index (Phi) is 7.53. The molecule has 1 saturated heterocycles. The molecule has 18 heteroatoms. The maximum absolute atomic E-state index is 13.3. The topological polar surface area (TPSA) is 154 Å². The van der Waals surface area contributed by atoms with Gasteiger partial charge in [0.05, 0.1) is 29.1 Å². The monoisotopic (exact) mass is 589 g/mol. The normalized spacial score (nSPS) is 16.0. The number of hydrogen-bond acceptors (Lipinski definition) is 11. The van der Waals surface area contributed by atoms with Gasteiger partial charge in [-0.25, -0.2) is 9.50 Å². The first kappa shape index (κ1) is 27.3. The van der Waals surface area contributed by atoms with E-state index in [2.05, 4.69) is 50.7 Å². The lowest BCUT2D eigenvalue weighted by Crippen LogP contribution is -2.16. The fourth-order valence-electron chi connectivity index (χ4n) is 4.59. The van der Waals surface area contributed by atoms with Gasteiger partial charge < -0.3 is 25.2 Å². The van der Waals surface area contributed by atoms with Crippen LogP contribution in [0.2, 0.25) is 0 Å². The number of aliphatic hydroxyl groups is 1. The van der Waals surface area contributed by atoms with Crippen molar-refractivity contribution in [1.82, 2.24) is 49.9 Å². The number of alkyl halides is 4. The van der Waals surface area contributed by atoms with Crippen molar-refractivity contribution >= 4 is 11.3 Å². The fraction of sp³-hybridized carbons (Fsp3) is 0.333. The molecule has 0 amide bonds. The van der Waals surface area contributed by atoms with E-state index >= 15 is 0 Å². The molecule has 4 aromatic heterocycles. The van der Waals surface area contributed by atoms with Crippen LogP contribution in [0.5, 0.6) is 11.5 Å². The fourth-order valence-corrected chi connectivity index (χ4v) is 4.59. The zero-order chi connectivity index (χ0) is 29.2. The van der Waals surface area contributed by atoms with Gasteiger partial charge in [-0.2, -0.15) is 32.6 Å². The molecular formula is C24H23F4N11O3. The van der Waals surface area contributed by atoms with Crippen molar-refractivity contribution in [2.75, 3.05) is 18.4 Å². The molecule has 1 aliphatic rings. The number of ether oxygens (including phenoxy) is 2. The van der Waals surface area contributed by atoms with E-state index in [1.807, 2.05) is 0 Å². The molecule has 42 heavy (non-hydrogen) atoms. The molecule has 5 aromatic rings. The Morgan fingerprint density at radius 2 is 2.00 bits per heavy atom. The van der Waals surface area contributed by atoms with Crippen LogP contribution in [0, 0.1) is 0 Å². The second-order valence-corrected chi connectivity index (χ2v) is 9.21. The molecule has 6 rings (SSSR count). The van der Waals surface area contributed by atoms with Crippen LogP contribution >= 0.6 is 0 Å². The molecule has 0 spiro atoms. The summed E-state index contributed by atoms with van der Waals surface area (Å²) in [5.74, 6) is -0.358. The van der Waals surface area contributed by atoms with Crippen molar-refractivity contribution in [3.8, 4) is 22.8 Å². The Hall–Kier alpha value is -4.84. The van der Waals surface area contributed by atoms with E-state index in [9.17, 15) is 22.7 Å². The second kappa shape index (κ2) is 11.6. The number of tetrazole rings is 1. The standard InChI is InChI=1S/C24H23F4N11O3/c25-23(26)41-14-2-3-18(42-24(27)28)15(8-14)20-17(32-22(40)16-10-31-38-7-1-5-30-21(16)38)11-37(35-20)12-19-33-36-39(34-19)13-4-6-29-9-13/h1-3,5,7-8,10-11,13,22-24,29,32,40H,4,6,9,12H2. The molecule has 1 fully saturated rings. The molecule has 0 saturated carbocycles. The molecule has 14 nitrogen and oxygen atoms in total. The molecule has 2 unspecified atom stereocenters. The van der Waals surface area contributed by atoms with Crippen LogP contribution in [0.15, 0.2) is 49.1 Å². The minimum Gasteiger partial charge on any atom is -0.435 e. The number of aliphatic hydroxyl groups excluding tert-OH is 1. The van der Waals surface area contributed by atoms with Crippen molar-refractivity contribution in [3.63, 3.8) is 0 Å². The third kappa shape index (κ3) is 5.79. The predicted octanol–water partition coefficient (Wildman–Crippen LogP) is 2.47. The third-order valence-electron chi connectivity index (χ3n) is 6.44. The van der Waals surface area contributed by atoms with Crippen LogP contribution in [-0.2, 0) is 6.54 Å². The molecule has 0 aliphatic carbocycles. The van der Waals surface area contributed by atoms with Crippen LogP contribution in [-0.4, -0.2) is 76.0 Å². The molecule has 1 aliphatic heterocycles. The average Bonchev–Trinajstić information content (AvgIpc) is 3.76. The number of benzene rings is 1. The first-order valence-corrected chi connectivity index (χ1v) is 12.7. The highest BCUT2D eigenvalue weighted by molar-refractivity contribution is 5.79. The number of nitrogens with zero attached hydrogens (tertiary/aromatic N) is 9. The van der Waals surface area contributed by atoms with E-state index in [0.717, 1.165) is 31.2 Å². The molecule has 3 N–H and O–H groups in total. The lowest BCUT2D eigenvalue weighted by atomic mass is 10.1. The van der Waals surface area contributed by atoms with Gasteiger partial charge in [-0.3, -0.25) is 4.68 Å². The maximum atomic E-state index is 13.3. The summed E-state index contributed by atoms with van der Waals surface area (Å²) in [5.41, 5.74) is 0.693. The van der Waals surface area contributed by atoms with Gasteiger partial charge in [0, 0.05) is 25.1 Å². The number of anilines is 1. The van der Waals surface area contributed by atoms with Gasteiger partial charge in [0.2, 0.25) is 0 Å². The summed E-state index contributed by atoms with van der Waals surface area (Å²) in [6.07, 6.45) is 5.51. The van der Waals surface area contributed by atoms with Crippen LogP contribution in [0.25, 0.3) is 16.9 Å². The Labute approximate surface area is 233 Å². The van der Waals surface area contributed by atoms with Crippen LogP contribution in [0.3, 0.4) is 0 Å². The summed E-state index contributed by atoms with van der Waals surface area (Å²) < 4.78 is 64.5. The summed E-state index contributed by atoms with van der Waals surface area (Å²) in [6.45, 7) is -4.83. The number of fused-ring (bicyclic) bond motifs is 1. The summed E-state index contributed by atoms with van der Waals surface area (Å²) in [5, 5.41) is 38.4. The van der Waals surface area contributed by atoms with Gasteiger partial charge in [0.15, 0.2) is 17.7 Å². The number of aromatic nitrogens is 9. The van der Waals surface area contributed by atoms with Crippen molar-refractivity contribution in [2.24, 2.45) is 0 Å². The third-order valence-corrected chi connectivity index (χ3v) is 6.44. The first-order chi connectivity index (χ1) is 20.3. The molecule has 220 valence electrons. The first-order valence-electron chi connectivity index (χ1n) is 12.7. The highest BCUT2D eigenvalue weighted by atomic mass is 19.3. The van der Waals surface area contributed by atoms with Crippen LogP contribution in [0.1, 0.15) is 30.1 Å². The quantitative estimate of drug-likeness (QED) is 0.154. The van der Waals surface area contributed by atoms with Gasteiger partial charge in [0.1, 0.15) is 23.7 Å². The molecule has 0 radical (unpaired) electrons. The zero-order valence-corrected chi connectivity index (χ0v) is 21.6. The SMILES string of the molecule is OC(Nc1cn(Cc2nnn(C3CCNC3)n2)nc1-c1cc(OC(F)F)ccc1OC(F)F)c1cnn2cccnc12. The predicted molar refractivity (Wildman–Crippen MR) is 136 cm³/mol. The number of hydrogen-bond donors (Lipinski definition) is 3. The Morgan fingerprint density at radius 3 is 2.79 bits per heavy atom. The van der Waals surface area contributed by atoms with Gasteiger partial charge in [0.25, 0.3) is 0 Å². The smallest absolute Gasteiger partial charge is 0.387 e. The van der Waals surface area contributed by atoms with E-state index < -0.39 is 19.5 Å². The zero-order valence-electron chi connectivity index (χ0n) is 21.6. The highest BCUT2D eigenvalue weighted by Crippen LogP contribution is 2.39.